The van der Waals surface area contributed by atoms with Gasteiger partial charge in [-0.05, 0) is 53.3 Å². The van der Waals surface area contributed by atoms with Crippen LogP contribution in [0.25, 0.3) is 0 Å². The van der Waals surface area contributed by atoms with E-state index in [9.17, 15) is 12.8 Å². The van der Waals surface area contributed by atoms with Gasteiger partial charge in [0.25, 0.3) is 0 Å². The second kappa shape index (κ2) is 8.13. The van der Waals surface area contributed by atoms with Gasteiger partial charge in [0, 0.05) is 24.5 Å². The molecule has 0 saturated heterocycles. The SMILES string of the molecule is O=S(=O)(NCC(c1cccs1)N1CCc2ccccc2C1)c1ccc(F)cc1. The first kappa shape index (κ1) is 19.3. The van der Waals surface area contributed by atoms with Crippen molar-refractivity contribution in [1.82, 2.24) is 9.62 Å². The van der Waals surface area contributed by atoms with Crippen LogP contribution in [0.3, 0.4) is 0 Å². The molecule has 0 saturated carbocycles. The average molecular weight is 417 g/mol. The van der Waals surface area contributed by atoms with E-state index < -0.39 is 15.8 Å². The van der Waals surface area contributed by atoms with Gasteiger partial charge in [-0.25, -0.2) is 17.5 Å². The van der Waals surface area contributed by atoms with Gasteiger partial charge < -0.3 is 0 Å². The zero-order chi connectivity index (χ0) is 19.6. The minimum atomic E-state index is -3.70. The number of nitrogens with zero attached hydrogens (tertiary/aromatic N) is 1. The van der Waals surface area contributed by atoms with Gasteiger partial charge in [-0.2, -0.15) is 0 Å². The molecule has 2 heterocycles. The van der Waals surface area contributed by atoms with Crippen molar-refractivity contribution in [3.8, 4) is 0 Å². The van der Waals surface area contributed by atoms with Gasteiger partial charge in [0.15, 0.2) is 0 Å². The zero-order valence-electron chi connectivity index (χ0n) is 15.2. The lowest BCUT2D eigenvalue weighted by molar-refractivity contribution is 0.183. The number of benzene rings is 2. The van der Waals surface area contributed by atoms with E-state index in [2.05, 4.69) is 27.8 Å². The van der Waals surface area contributed by atoms with Crippen molar-refractivity contribution < 1.29 is 12.8 Å². The van der Waals surface area contributed by atoms with Crippen LogP contribution >= 0.6 is 11.3 Å². The Labute approximate surface area is 168 Å². The Kier molecular flexibility index (Phi) is 5.59. The Morgan fingerprint density at radius 2 is 1.79 bits per heavy atom. The summed E-state index contributed by atoms with van der Waals surface area (Å²) in [6.45, 7) is 1.93. The topological polar surface area (TPSA) is 49.4 Å². The van der Waals surface area contributed by atoms with Crippen LogP contribution in [0, 0.1) is 5.82 Å². The summed E-state index contributed by atoms with van der Waals surface area (Å²) in [5, 5.41) is 2.01. The molecule has 3 aromatic rings. The summed E-state index contributed by atoms with van der Waals surface area (Å²) in [5.41, 5.74) is 2.65. The van der Waals surface area contributed by atoms with E-state index in [1.54, 1.807) is 11.3 Å². The molecule has 1 unspecified atom stereocenters. The van der Waals surface area contributed by atoms with E-state index in [4.69, 9.17) is 0 Å². The lowest BCUT2D eigenvalue weighted by Gasteiger charge is -2.35. The molecular formula is C21H21FN2O2S2. The van der Waals surface area contributed by atoms with Crippen LogP contribution in [-0.4, -0.2) is 26.4 Å². The van der Waals surface area contributed by atoms with Crippen LogP contribution in [-0.2, 0) is 23.0 Å². The maximum Gasteiger partial charge on any atom is 0.240 e. The molecular weight excluding hydrogens is 395 g/mol. The van der Waals surface area contributed by atoms with E-state index in [0.717, 1.165) is 36.5 Å². The molecule has 1 atom stereocenters. The first-order valence-corrected chi connectivity index (χ1v) is 11.5. The number of nitrogens with one attached hydrogen (secondary N) is 1. The molecule has 0 amide bonds. The van der Waals surface area contributed by atoms with Gasteiger partial charge in [-0.15, -0.1) is 11.3 Å². The summed E-state index contributed by atoms with van der Waals surface area (Å²) in [4.78, 5) is 3.52. The third-order valence-corrected chi connectivity index (χ3v) is 7.48. The number of hydrogen-bond donors (Lipinski definition) is 1. The van der Waals surface area contributed by atoms with E-state index in [-0.39, 0.29) is 17.5 Å². The average Bonchev–Trinajstić information content (AvgIpc) is 3.23. The number of rotatable bonds is 6. The highest BCUT2D eigenvalue weighted by molar-refractivity contribution is 7.89. The minimum Gasteiger partial charge on any atom is -0.290 e. The molecule has 2 aromatic carbocycles. The van der Waals surface area contributed by atoms with E-state index in [1.807, 2.05) is 23.6 Å². The smallest absolute Gasteiger partial charge is 0.240 e. The summed E-state index contributed by atoms with van der Waals surface area (Å²) >= 11 is 1.63. The van der Waals surface area contributed by atoms with Crippen molar-refractivity contribution in [3.63, 3.8) is 0 Å². The molecule has 1 aliphatic rings. The molecule has 146 valence electrons. The quantitative estimate of drug-likeness (QED) is 0.662. The Hall–Kier alpha value is -2.06. The molecule has 28 heavy (non-hydrogen) atoms. The molecule has 0 fully saturated rings. The fourth-order valence-electron chi connectivity index (χ4n) is 3.56. The molecule has 1 N–H and O–H groups in total. The predicted octanol–water partition coefficient (Wildman–Crippen LogP) is 3.97. The molecule has 0 bridgehead atoms. The number of thiophene rings is 1. The first-order chi connectivity index (χ1) is 13.5. The highest BCUT2D eigenvalue weighted by atomic mass is 32.2. The van der Waals surface area contributed by atoms with Crippen LogP contribution in [0.4, 0.5) is 4.39 Å². The summed E-state index contributed by atoms with van der Waals surface area (Å²) in [6, 6.07) is 17.3. The lowest BCUT2D eigenvalue weighted by atomic mass is 9.98. The third kappa shape index (κ3) is 4.17. The van der Waals surface area contributed by atoms with Gasteiger partial charge in [0.05, 0.1) is 10.9 Å². The normalized spacial score (nSPS) is 15.9. The molecule has 0 aliphatic carbocycles. The van der Waals surface area contributed by atoms with Crippen molar-refractivity contribution in [2.75, 3.05) is 13.1 Å². The Morgan fingerprint density at radius 1 is 1.04 bits per heavy atom. The van der Waals surface area contributed by atoms with Crippen LogP contribution in [0.2, 0.25) is 0 Å². The zero-order valence-corrected chi connectivity index (χ0v) is 16.8. The van der Waals surface area contributed by atoms with Gasteiger partial charge >= 0.3 is 0 Å². The predicted molar refractivity (Wildman–Crippen MR) is 109 cm³/mol. The number of halogens is 1. The van der Waals surface area contributed by atoms with Gasteiger partial charge in [0.2, 0.25) is 10.0 Å². The van der Waals surface area contributed by atoms with Crippen LogP contribution < -0.4 is 4.72 Å². The second-order valence-corrected chi connectivity index (χ2v) is 9.57. The standard InChI is InChI=1S/C21H21FN2O2S2/c22-18-7-9-19(10-8-18)28(25,26)23-14-20(21-6-3-13-27-21)24-12-11-16-4-1-2-5-17(16)15-24/h1-10,13,20,23H,11-12,14-15H2. The highest BCUT2D eigenvalue weighted by Crippen LogP contribution is 2.30. The fourth-order valence-corrected chi connectivity index (χ4v) is 5.46. The summed E-state index contributed by atoms with van der Waals surface area (Å²) in [5.74, 6) is -0.456. The molecule has 4 rings (SSSR count). The minimum absolute atomic E-state index is 0.0522. The van der Waals surface area contributed by atoms with Crippen molar-refractivity contribution in [3.05, 3.63) is 87.9 Å². The van der Waals surface area contributed by atoms with Crippen molar-refractivity contribution in [2.45, 2.75) is 23.9 Å². The summed E-state index contributed by atoms with van der Waals surface area (Å²) in [7, 11) is -3.70. The Balaban J connectivity index is 1.54. The molecule has 0 radical (unpaired) electrons. The van der Waals surface area contributed by atoms with E-state index >= 15 is 0 Å². The van der Waals surface area contributed by atoms with Gasteiger partial charge in [-0.1, -0.05) is 30.3 Å². The molecule has 1 aromatic heterocycles. The monoisotopic (exact) mass is 416 g/mol. The Morgan fingerprint density at radius 3 is 2.50 bits per heavy atom. The molecule has 4 nitrogen and oxygen atoms in total. The third-order valence-electron chi connectivity index (χ3n) is 5.06. The number of hydrogen-bond acceptors (Lipinski definition) is 4. The molecule has 0 spiro atoms. The number of fused-ring (bicyclic) bond motifs is 1. The van der Waals surface area contributed by atoms with Gasteiger partial charge in [0.1, 0.15) is 5.82 Å². The largest absolute Gasteiger partial charge is 0.290 e. The Bertz CT molecular complexity index is 1030. The summed E-state index contributed by atoms with van der Waals surface area (Å²) < 4.78 is 41.1. The summed E-state index contributed by atoms with van der Waals surface area (Å²) in [6.07, 6.45) is 0.947. The van der Waals surface area contributed by atoms with Crippen molar-refractivity contribution in [2.24, 2.45) is 0 Å². The van der Waals surface area contributed by atoms with E-state index in [1.165, 1.54) is 23.3 Å². The van der Waals surface area contributed by atoms with Crippen LogP contribution in [0.15, 0.2) is 70.9 Å². The lowest BCUT2D eigenvalue weighted by Crippen LogP contribution is -2.40. The highest BCUT2D eigenvalue weighted by Gasteiger charge is 2.27. The number of sulfonamides is 1. The van der Waals surface area contributed by atoms with Gasteiger partial charge in [-0.3, -0.25) is 4.90 Å². The van der Waals surface area contributed by atoms with E-state index in [0.29, 0.717) is 0 Å². The van der Waals surface area contributed by atoms with Crippen molar-refractivity contribution >= 4 is 21.4 Å². The van der Waals surface area contributed by atoms with Crippen LogP contribution in [0.5, 0.6) is 0 Å². The first-order valence-electron chi connectivity index (χ1n) is 9.12. The maximum absolute atomic E-state index is 13.1. The van der Waals surface area contributed by atoms with Crippen molar-refractivity contribution in [1.29, 1.82) is 0 Å². The fraction of sp³-hybridized carbons (Fsp3) is 0.238. The molecule has 7 heteroatoms. The van der Waals surface area contributed by atoms with Crippen LogP contribution in [0.1, 0.15) is 22.0 Å². The molecule has 1 aliphatic heterocycles. The maximum atomic E-state index is 13.1. The second-order valence-electron chi connectivity index (χ2n) is 6.83.